The third kappa shape index (κ3) is 5.98. The Kier molecular flexibility index (Phi) is 7.37. The van der Waals surface area contributed by atoms with Gasteiger partial charge in [-0.15, -0.1) is 0 Å². The summed E-state index contributed by atoms with van der Waals surface area (Å²) in [5.41, 5.74) is 3.50. The van der Waals surface area contributed by atoms with Crippen molar-refractivity contribution in [3.05, 3.63) is 54.1 Å². The first-order valence-corrected chi connectivity index (χ1v) is 12.4. The predicted octanol–water partition coefficient (Wildman–Crippen LogP) is 4.17. The maximum Gasteiger partial charge on any atom is 0.232 e. The summed E-state index contributed by atoms with van der Waals surface area (Å²) in [4.78, 5) is 14.7. The van der Waals surface area contributed by atoms with Crippen LogP contribution < -0.4 is 14.5 Å². The molecule has 1 fully saturated rings. The van der Waals surface area contributed by atoms with E-state index in [4.69, 9.17) is 0 Å². The molecule has 1 aliphatic heterocycles. The second-order valence-electron chi connectivity index (χ2n) is 7.87. The van der Waals surface area contributed by atoms with Crippen LogP contribution in [0.2, 0.25) is 0 Å². The molecule has 30 heavy (non-hydrogen) atoms. The highest BCUT2D eigenvalue weighted by Gasteiger charge is 2.19. The van der Waals surface area contributed by atoms with Crippen molar-refractivity contribution in [2.24, 2.45) is 0 Å². The van der Waals surface area contributed by atoms with Gasteiger partial charge in [0.05, 0.1) is 11.9 Å². The Bertz CT molecular complexity index is 952. The van der Waals surface area contributed by atoms with Crippen LogP contribution in [0.5, 0.6) is 0 Å². The van der Waals surface area contributed by atoms with Crippen molar-refractivity contribution in [3.63, 3.8) is 0 Å². The fourth-order valence-electron chi connectivity index (χ4n) is 3.82. The zero-order valence-electron chi connectivity index (χ0n) is 17.8. The number of hydrogen-bond donors (Lipinski definition) is 1. The number of benzene rings is 2. The van der Waals surface area contributed by atoms with Crippen molar-refractivity contribution in [1.29, 1.82) is 0 Å². The van der Waals surface area contributed by atoms with Crippen LogP contribution in [-0.4, -0.2) is 40.2 Å². The maximum absolute atomic E-state index is 12.3. The monoisotopic (exact) mass is 429 g/mol. The molecule has 0 unspecified atom stereocenters. The zero-order chi connectivity index (χ0) is 21.6. The van der Waals surface area contributed by atoms with Crippen molar-refractivity contribution in [3.8, 4) is 0 Å². The summed E-state index contributed by atoms with van der Waals surface area (Å²) in [6.07, 6.45) is 5.65. The molecule has 0 spiro atoms. The molecule has 2 aromatic rings. The quantitative estimate of drug-likeness (QED) is 0.684. The molecule has 1 N–H and O–H groups in total. The second-order valence-corrected chi connectivity index (χ2v) is 9.77. The third-order valence-corrected chi connectivity index (χ3v) is 6.60. The highest BCUT2D eigenvalue weighted by atomic mass is 32.2. The van der Waals surface area contributed by atoms with E-state index in [0.717, 1.165) is 24.3 Å². The van der Waals surface area contributed by atoms with Gasteiger partial charge in [0, 0.05) is 37.4 Å². The van der Waals surface area contributed by atoms with Gasteiger partial charge >= 0.3 is 0 Å². The lowest BCUT2D eigenvalue weighted by atomic mass is 10.1. The minimum atomic E-state index is -3.42. The first-order chi connectivity index (χ1) is 14.3. The molecule has 0 saturated carbocycles. The molecule has 1 aliphatic rings. The third-order valence-electron chi connectivity index (χ3n) is 5.42. The standard InChI is InChI=1S/C23H31N3O3S/c1-19-9-4-5-10-22(19)26(30(2,28)29)18-8-11-23(27)24-20-12-14-21(15-13-20)25-16-6-3-7-17-25/h4-5,9-10,12-15H,3,6-8,11,16-18H2,1-2H3,(H,24,27). The second kappa shape index (κ2) is 9.98. The van der Waals surface area contributed by atoms with Crippen molar-refractivity contribution in [2.75, 3.05) is 40.4 Å². The van der Waals surface area contributed by atoms with Crippen molar-refractivity contribution in [1.82, 2.24) is 0 Å². The predicted molar refractivity (Wildman–Crippen MR) is 124 cm³/mol. The first kappa shape index (κ1) is 22.2. The van der Waals surface area contributed by atoms with Gasteiger partial charge in [-0.2, -0.15) is 0 Å². The molecule has 0 aliphatic carbocycles. The summed E-state index contributed by atoms with van der Waals surface area (Å²) in [7, 11) is -3.42. The Labute approximate surface area is 179 Å². The number of amides is 1. The van der Waals surface area contributed by atoms with Gasteiger partial charge < -0.3 is 10.2 Å². The minimum Gasteiger partial charge on any atom is -0.372 e. The van der Waals surface area contributed by atoms with E-state index in [1.165, 1.54) is 35.5 Å². The van der Waals surface area contributed by atoms with E-state index in [-0.39, 0.29) is 18.9 Å². The van der Waals surface area contributed by atoms with Crippen LogP contribution in [0.1, 0.15) is 37.7 Å². The zero-order valence-corrected chi connectivity index (χ0v) is 18.6. The summed E-state index contributed by atoms with van der Waals surface area (Å²) in [5.74, 6) is -0.112. The van der Waals surface area contributed by atoms with E-state index >= 15 is 0 Å². The Morgan fingerprint density at radius 2 is 1.70 bits per heavy atom. The van der Waals surface area contributed by atoms with E-state index in [9.17, 15) is 13.2 Å². The Hall–Kier alpha value is -2.54. The summed E-state index contributed by atoms with van der Waals surface area (Å²) >= 11 is 0. The van der Waals surface area contributed by atoms with Gasteiger partial charge in [-0.25, -0.2) is 8.42 Å². The van der Waals surface area contributed by atoms with Crippen molar-refractivity contribution >= 4 is 33.0 Å². The highest BCUT2D eigenvalue weighted by molar-refractivity contribution is 7.92. The molecule has 3 rings (SSSR count). The molecule has 6 nitrogen and oxygen atoms in total. The number of carbonyl (C=O) groups excluding carboxylic acids is 1. The van der Waals surface area contributed by atoms with Crippen LogP contribution in [0.25, 0.3) is 0 Å². The summed E-state index contributed by atoms with van der Waals surface area (Å²) in [6, 6.07) is 15.3. The average Bonchev–Trinajstić information content (AvgIpc) is 2.72. The molecule has 2 aromatic carbocycles. The van der Waals surface area contributed by atoms with Crippen molar-refractivity contribution in [2.45, 2.75) is 39.0 Å². The smallest absolute Gasteiger partial charge is 0.232 e. The van der Waals surface area contributed by atoms with Crippen LogP contribution in [0.4, 0.5) is 17.1 Å². The Morgan fingerprint density at radius 1 is 1.03 bits per heavy atom. The molecule has 0 radical (unpaired) electrons. The Morgan fingerprint density at radius 3 is 2.33 bits per heavy atom. The van der Waals surface area contributed by atoms with Gasteiger partial charge in [0.15, 0.2) is 0 Å². The number of piperidine rings is 1. The molecule has 1 saturated heterocycles. The lowest BCUT2D eigenvalue weighted by Gasteiger charge is -2.28. The number of nitrogens with zero attached hydrogens (tertiary/aromatic N) is 2. The van der Waals surface area contributed by atoms with Crippen LogP contribution in [0.15, 0.2) is 48.5 Å². The van der Waals surface area contributed by atoms with E-state index in [0.29, 0.717) is 12.1 Å². The molecule has 162 valence electrons. The number of carbonyl (C=O) groups is 1. The molecular weight excluding hydrogens is 398 g/mol. The summed E-state index contributed by atoms with van der Waals surface area (Å²) < 4.78 is 25.8. The molecule has 1 heterocycles. The van der Waals surface area contributed by atoms with Gasteiger partial charge in [0.25, 0.3) is 0 Å². The maximum atomic E-state index is 12.3. The number of hydrogen-bond acceptors (Lipinski definition) is 4. The van der Waals surface area contributed by atoms with Crippen LogP contribution >= 0.6 is 0 Å². The van der Waals surface area contributed by atoms with E-state index in [1.807, 2.05) is 49.4 Å². The van der Waals surface area contributed by atoms with Crippen molar-refractivity contribution < 1.29 is 13.2 Å². The van der Waals surface area contributed by atoms with Gasteiger partial charge in [-0.1, -0.05) is 18.2 Å². The van der Waals surface area contributed by atoms with Crippen LogP contribution in [-0.2, 0) is 14.8 Å². The van der Waals surface area contributed by atoms with Gasteiger partial charge in [0.2, 0.25) is 15.9 Å². The van der Waals surface area contributed by atoms with Gasteiger partial charge in [-0.05, 0) is 68.5 Å². The largest absolute Gasteiger partial charge is 0.372 e. The van der Waals surface area contributed by atoms with Crippen LogP contribution in [0, 0.1) is 6.92 Å². The SMILES string of the molecule is Cc1ccccc1N(CCCC(=O)Nc1ccc(N2CCCCC2)cc1)S(C)(=O)=O. The molecule has 7 heteroatoms. The number of sulfonamides is 1. The molecule has 0 bridgehead atoms. The molecule has 1 amide bonds. The number of anilines is 3. The first-order valence-electron chi connectivity index (χ1n) is 10.5. The van der Waals surface area contributed by atoms with E-state index in [2.05, 4.69) is 10.2 Å². The highest BCUT2D eigenvalue weighted by Crippen LogP contribution is 2.23. The van der Waals surface area contributed by atoms with Gasteiger partial charge in [-0.3, -0.25) is 9.10 Å². The average molecular weight is 430 g/mol. The Balaban J connectivity index is 1.53. The summed E-state index contributed by atoms with van der Waals surface area (Å²) in [5, 5.41) is 2.91. The fourth-order valence-corrected chi connectivity index (χ4v) is 4.85. The molecular formula is C23H31N3O3S. The molecule has 0 aromatic heterocycles. The number of aryl methyl sites for hydroxylation is 1. The van der Waals surface area contributed by atoms with E-state index < -0.39 is 10.0 Å². The molecule has 0 atom stereocenters. The number of rotatable bonds is 8. The van der Waals surface area contributed by atoms with Crippen LogP contribution in [0.3, 0.4) is 0 Å². The lowest BCUT2D eigenvalue weighted by Crippen LogP contribution is -2.32. The minimum absolute atomic E-state index is 0.112. The fraction of sp³-hybridized carbons (Fsp3) is 0.435. The number of nitrogens with one attached hydrogen (secondary N) is 1. The topological polar surface area (TPSA) is 69.7 Å². The number of para-hydroxylation sites is 1. The van der Waals surface area contributed by atoms with Gasteiger partial charge in [0.1, 0.15) is 0 Å². The summed E-state index contributed by atoms with van der Waals surface area (Å²) in [6.45, 7) is 4.33. The van der Waals surface area contributed by atoms with E-state index in [1.54, 1.807) is 6.07 Å². The normalized spacial score (nSPS) is 14.4. The lowest BCUT2D eigenvalue weighted by molar-refractivity contribution is -0.116.